The molecule has 1 fully saturated rings. The zero-order chi connectivity index (χ0) is 10.4. The quantitative estimate of drug-likeness (QED) is 0.748. The van der Waals surface area contributed by atoms with Crippen LogP contribution in [-0.4, -0.2) is 31.3 Å². The average molecular weight is 238 g/mol. The van der Waals surface area contributed by atoms with Gasteiger partial charge in [0.15, 0.2) is 0 Å². The Morgan fingerprint density at radius 2 is 2.33 bits per heavy atom. The van der Waals surface area contributed by atoms with Crippen LogP contribution >= 0.6 is 12.4 Å². The van der Waals surface area contributed by atoms with Gasteiger partial charge in [-0.15, -0.1) is 12.4 Å². The summed E-state index contributed by atoms with van der Waals surface area (Å²) >= 11 is 0. The summed E-state index contributed by atoms with van der Waals surface area (Å²) in [7, 11) is 0. The van der Waals surface area contributed by atoms with Crippen molar-refractivity contribution in [3.63, 3.8) is 0 Å². The standard InChI is InChI=1S/C10H19NO3.ClH/c1-2-13-10(12)9(11)7-8-5-3-4-6-14-8;/h8-9H,2-7,11H2,1H3;1H. The minimum Gasteiger partial charge on any atom is -0.465 e. The summed E-state index contributed by atoms with van der Waals surface area (Å²) in [6.07, 6.45) is 4.01. The number of rotatable bonds is 4. The molecule has 0 bridgehead atoms. The van der Waals surface area contributed by atoms with E-state index in [1.54, 1.807) is 6.92 Å². The molecule has 2 atom stereocenters. The Morgan fingerprint density at radius 3 is 2.87 bits per heavy atom. The molecule has 1 heterocycles. The summed E-state index contributed by atoms with van der Waals surface area (Å²) in [5.74, 6) is -0.318. The second-order valence-corrected chi connectivity index (χ2v) is 3.58. The van der Waals surface area contributed by atoms with Crippen molar-refractivity contribution in [1.29, 1.82) is 0 Å². The van der Waals surface area contributed by atoms with Gasteiger partial charge in [0.05, 0.1) is 12.7 Å². The number of nitrogens with two attached hydrogens (primary N) is 1. The predicted octanol–water partition coefficient (Wildman–Crippen LogP) is 1.26. The smallest absolute Gasteiger partial charge is 0.322 e. The maximum absolute atomic E-state index is 11.2. The van der Waals surface area contributed by atoms with Gasteiger partial charge in [-0.2, -0.15) is 0 Å². The van der Waals surface area contributed by atoms with Gasteiger partial charge >= 0.3 is 5.97 Å². The molecule has 0 spiro atoms. The number of esters is 1. The third kappa shape index (κ3) is 5.35. The maximum atomic E-state index is 11.2. The highest BCUT2D eigenvalue weighted by Gasteiger charge is 2.22. The molecule has 2 unspecified atom stereocenters. The van der Waals surface area contributed by atoms with E-state index in [1.165, 1.54) is 6.42 Å². The number of halogens is 1. The van der Waals surface area contributed by atoms with E-state index in [9.17, 15) is 4.79 Å². The first kappa shape index (κ1) is 14.7. The van der Waals surface area contributed by atoms with Crippen LogP contribution in [0.2, 0.25) is 0 Å². The van der Waals surface area contributed by atoms with Crippen molar-refractivity contribution in [3.8, 4) is 0 Å². The van der Waals surface area contributed by atoms with Crippen LogP contribution in [-0.2, 0) is 14.3 Å². The van der Waals surface area contributed by atoms with Gasteiger partial charge in [-0.05, 0) is 32.6 Å². The summed E-state index contributed by atoms with van der Waals surface area (Å²) in [5.41, 5.74) is 5.68. The molecule has 1 saturated heterocycles. The SMILES string of the molecule is CCOC(=O)C(N)CC1CCCCO1.Cl. The fraction of sp³-hybridized carbons (Fsp3) is 0.900. The summed E-state index contributed by atoms with van der Waals surface area (Å²) in [5, 5.41) is 0. The first-order chi connectivity index (χ1) is 6.74. The first-order valence-corrected chi connectivity index (χ1v) is 5.28. The van der Waals surface area contributed by atoms with Crippen molar-refractivity contribution in [2.45, 2.75) is 44.8 Å². The molecule has 0 radical (unpaired) electrons. The third-order valence-electron chi connectivity index (χ3n) is 2.38. The number of carbonyl (C=O) groups excluding carboxylic acids is 1. The van der Waals surface area contributed by atoms with Crippen molar-refractivity contribution in [2.75, 3.05) is 13.2 Å². The number of ether oxygens (including phenoxy) is 2. The summed E-state index contributed by atoms with van der Waals surface area (Å²) in [6, 6.07) is -0.530. The van der Waals surface area contributed by atoms with Crippen LogP contribution < -0.4 is 5.73 Å². The lowest BCUT2D eigenvalue weighted by Gasteiger charge is -2.24. The predicted molar refractivity (Wildman–Crippen MR) is 60.1 cm³/mol. The van der Waals surface area contributed by atoms with E-state index in [0.29, 0.717) is 13.0 Å². The zero-order valence-corrected chi connectivity index (χ0v) is 9.92. The monoisotopic (exact) mass is 237 g/mol. The van der Waals surface area contributed by atoms with Crippen LogP contribution in [0.1, 0.15) is 32.6 Å². The van der Waals surface area contributed by atoms with Gasteiger partial charge in [-0.3, -0.25) is 4.79 Å². The van der Waals surface area contributed by atoms with Gasteiger partial charge in [0.1, 0.15) is 6.04 Å². The van der Waals surface area contributed by atoms with Gasteiger partial charge in [0.2, 0.25) is 0 Å². The number of hydrogen-bond acceptors (Lipinski definition) is 4. The second-order valence-electron chi connectivity index (χ2n) is 3.58. The van der Waals surface area contributed by atoms with Crippen LogP contribution in [0.15, 0.2) is 0 Å². The molecule has 0 amide bonds. The Morgan fingerprint density at radius 1 is 1.60 bits per heavy atom. The molecule has 0 aromatic rings. The van der Waals surface area contributed by atoms with E-state index < -0.39 is 6.04 Å². The molecule has 90 valence electrons. The van der Waals surface area contributed by atoms with Gasteiger partial charge in [-0.25, -0.2) is 0 Å². The molecule has 15 heavy (non-hydrogen) atoms. The molecule has 1 rings (SSSR count). The molecular weight excluding hydrogens is 218 g/mol. The molecule has 0 aromatic heterocycles. The molecule has 5 heteroatoms. The lowest BCUT2D eigenvalue weighted by atomic mass is 10.0. The Balaban J connectivity index is 0.00000196. The fourth-order valence-electron chi connectivity index (χ4n) is 1.62. The van der Waals surface area contributed by atoms with Crippen LogP contribution in [0.3, 0.4) is 0 Å². The van der Waals surface area contributed by atoms with E-state index in [4.69, 9.17) is 15.2 Å². The van der Waals surface area contributed by atoms with E-state index in [0.717, 1.165) is 19.4 Å². The van der Waals surface area contributed by atoms with E-state index in [-0.39, 0.29) is 24.5 Å². The van der Waals surface area contributed by atoms with E-state index in [2.05, 4.69) is 0 Å². The highest BCUT2D eigenvalue weighted by molar-refractivity contribution is 5.85. The van der Waals surface area contributed by atoms with E-state index >= 15 is 0 Å². The van der Waals surface area contributed by atoms with Crippen molar-refractivity contribution in [1.82, 2.24) is 0 Å². The molecule has 0 aromatic carbocycles. The summed E-state index contributed by atoms with van der Waals surface area (Å²) in [4.78, 5) is 11.2. The Bertz CT molecular complexity index is 184. The van der Waals surface area contributed by atoms with Gasteiger partial charge in [0, 0.05) is 6.61 Å². The molecule has 4 nitrogen and oxygen atoms in total. The first-order valence-electron chi connectivity index (χ1n) is 5.28. The summed E-state index contributed by atoms with van der Waals surface area (Å²) in [6.45, 7) is 2.96. The molecule has 0 saturated carbocycles. The Hall–Kier alpha value is -0.320. The lowest BCUT2D eigenvalue weighted by molar-refractivity contribution is -0.146. The number of carbonyl (C=O) groups is 1. The summed E-state index contributed by atoms with van der Waals surface area (Å²) < 4.78 is 10.3. The topological polar surface area (TPSA) is 61.5 Å². The molecular formula is C10H20ClNO3. The van der Waals surface area contributed by atoms with Gasteiger partial charge in [-0.1, -0.05) is 0 Å². The normalized spacial score (nSPS) is 22.7. The molecule has 0 aliphatic carbocycles. The molecule has 1 aliphatic heterocycles. The second kappa shape index (κ2) is 7.91. The van der Waals surface area contributed by atoms with Crippen LogP contribution in [0.25, 0.3) is 0 Å². The minimum absolute atomic E-state index is 0. The average Bonchev–Trinajstić information content (AvgIpc) is 2.19. The van der Waals surface area contributed by atoms with Crippen molar-refractivity contribution in [3.05, 3.63) is 0 Å². The molecule has 2 N–H and O–H groups in total. The largest absolute Gasteiger partial charge is 0.465 e. The Kier molecular flexibility index (Phi) is 7.74. The minimum atomic E-state index is -0.530. The van der Waals surface area contributed by atoms with Crippen molar-refractivity contribution < 1.29 is 14.3 Å². The van der Waals surface area contributed by atoms with Crippen LogP contribution in [0, 0.1) is 0 Å². The highest BCUT2D eigenvalue weighted by Crippen LogP contribution is 2.16. The zero-order valence-electron chi connectivity index (χ0n) is 9.11. The van der Waals surface area contributed by atoms with Crippen molar-refractivity contribution in [2.24, 2.45) is 5.73 Å². The number of hydrogen-bond donors (Lipinski definition) is 1. The van der Waals surface area contributed by atoms with E-state index in [1.807, 2.05) is 0 Å². The van der Waals surface area contributed by atoms with Crippen molar-refractivity contribution >= 4 is 18.4 Å². The maximum Gasteiger partial charge on any atom is 0.322 e. The Labute approximate surface area is 96.9 Å². The third-order valence-corrected chi connectivity index (χ3v) is 2.38. The highest BCUT2D eigenvalue weighted by atomic mass is 35.5. The fourth-order valence-corrected chi connectivity index (χ4v) is 1.62. The lowest BCUT2D eigenvalue weighted by Crippen LogP contribution is -2.37. The van der Waals surface area contributed by atoms with Gasteiger partial charge < -0.3 is 15.2 Å². The molecule has 1 aliphatic rings. The van der Waals surface area contributed by atoms with Crippen LogP contribution in [0.4, 0.5) is 0 Å². The van der Waals surface area contributed by atoms with Crippen LogP contribution in [0.5, 0.6) is 0 Å². The van der Waals surface area contributed by atoms with Gasteiger partial charge in [0.25, 0.3) is 0 Å².